The van der Waals surface area contributed by atoms with E-state index in [1.807, 2.05) is 35.3 Å². The molecular weight excluding hydrogens is 537 g/mol. The highest BCUT2D eigenvalue weighted by Gasteiger charge is 2.44. The van der Waals surface area contributed by atoms with Crippen LogP contribution in [0.25, 0.3) is 0 Å². The van der Waals surface area contributed by atoms with Gasteiger partial charge in [0.15, 0.2) is 0 Å². The number of thiophene rings is 1. The van der Waals surface area contributed by atoms with Crippen molar-refractivity contribution < 1.29 is 19.0 Å². The van der Waals surface area contributed by atoms with Gasteiger partial charge in [0.1, 0.15) is 0 Å². The molecule has 3 aromatic rings. The van der Waals surface area contributed by atoms with Crippen molar-refractivity contribution in [3.63, 3.8) is 0 Å². The molecule has 0 bridgehead atoms. The molecule has 0 aliphatic carbocycles. The molecule has 1 aromatic heterocycles. The number of rotatable bonds is 7. The molecule has 2 atom stereocenters. The minimum Gasteiger partial charge on any atom is -0.379 e. The van der Waals surface area contributed by atoms with E-state index in [1.54, 1.807) is 18.2 Å². The lowest BCUT2D eigenvalue weighted by Gasteiger charge is -2.36. The van der Waals surface area contributed by atoms with Crippen LogP contribution in [0.3, 0.4) is 0 Å². The zero-order valence-corrected chi connectivity index (χ0v) is 24.1. The van der Waals surface area contributed by atoms with Gasteiger partial charge in [-0.15, -0.1) is 11.3 Å². The van der Waals surface area contributed by atoms with E-state index in [0.29, 0.717) is 47.9 Å². The molecular formula is C27H32N5O5PS. The van der Waals surface area contributed by atoms with Crippen LogP contribution in [0, 0.1) is 10.1 Å². The van der Waals surface area contributed by atoms with Gasteiger partial charge < -0.3 is 20.0 Å². The molecule has 0 radical (unpaired) electrons. The van der Waals surface area contributed by atoms with Crippen molar-refractivity contribution >= 4 is 52.7 Å². The topological polar surface area (TPSA) is 117 Å². The van der Waals surface area contributed by atoms with Gasteiger partial charge in [0.2, 0.25) is 0 Å². The van der Waals surface area contributed by atoms with Crippen molar-refractivity contribution in [2.45, 2.75) is 32.2 Å². The van der Waals surface area contributed by atoms with Gasteiger partial charge >= 0.3 is 0 Å². The maximum Gasteiger partial charge on any atom is 0.269 e. The van der Waals surface area contributed by atoms with Crippen molar-refractivity contribution in [3.8, 4) is 0 Å². The smallest absolute Gasteiger partial charge is 0.269 e. The second-order valence-electron chi connectivity index (χ2n) is 10.4. The summed E-state index contributed by atoms with van der Waals surface area (Å²) < 4.78 is 22.7. The number of morpholine rings is 1. The van der Waals surface area contributed by atoms with Crippen LogP contribution in [0.4, 0.5) is 22.7 Å². The van der Waals surface area contributed by atoms with Crippen molar-refractivity contribution in [1.82, 2.24) is 4.67 Å². The summed E-state index contributed by atoms with van der Waals surface area (Å²) in [7, 11) is -1.58. The van der Waals surface area contributed by atoms with Crippen molar-refractivity contribution in [3.05, 3.63) is 74.5 Å². The number of non-ortho nitro benzene ring substituents is 1. The summed E-state index contributed by atoms with van der Waals surface area (Å²) in [4.78, 5) is 26.7. The first-order valence-electron chi connectivity index (χ1n) is 12.7. The molecule has 12 heteroatoms. The van der Waals surface area contributed by atoms with Crippen LogP contribution in [-0.2, 0) is 14.7 Å². The zero-order valence-electron chi connectivity index (χ0n) is 22.3. The van der Waals surface area contributed by atoms with Crippen molar-refractivity contribution in [2.24, 2.45) is 0 Å². The summed E-state index contributed by atoms with van der Waals surface area (Å²) in [6.45, 7) is 8.16. The number of carbonyl (C=O) groups is 1. The van der Waals surface area contributed by atoms with E-state index >= 15 is 4.57 Å². The Morgan fingerprint density at radius 3 is 2.49 bits per heavy atom. The number of nitrogens with one attached hydrogen (secondary N) is 2. The Bertz CT molecular complexity index is 1440. The van der Waals surface area contributed by atoms with Gasteiger partial charge in [-0.1, -0.05) is 19.9 Å². The van der Waals surface area contributed by atoms with E-state index in [1.165, 1.54) is 23.5 Å². The third-order valence-corrected chi connectivity index (χ3v) is 11.5. The van der Waals surface area contributed by atoms with E-state index in [4.69, 9.17) is 4.74 Å². The zero-order chi connectivity index (χ0) is 27.9. The fourth-order valence-electron chi connectivity index (χ4n) is 5.20. The Balaban J connectivity index is 1.67. The highest BCUT2D eigenvalue weighted by molar-refractivity contribution is 7.71. The number of nitro benzene ring substituents is 1. The fourth-order valence-corrected chi connectivity index (χ4v) is 8.36. The van der Waals surface area contributed by atoms with E-state index in [0.717, 1.165) is 11.3 Å². The second-order valence-corrected chi connectivity index (χ2v) is 13.8. The standard InChI is InChI=1S/C27H32N5O5PS/c1-18-27(2,3)21-16-24(22(17-23(21)30(18)4)28-26(33)25-6-5-15-39-25)38(36,31-11-13-37-14-12-31)29-19-7-9-20(10-8-19)32(34)35/h5-10,15-18H,11-14H2,1-4H3,(H,28,33)(H,29,36)/t18-,38-/m1/s1. The van der Waals surface area contributed by atoms with Crippen LogP contribution in [0.15, 0.2) is 53.9 Å². The van der Waals surface area contributed by atoms with Gasteiger partial charge in [0, 0.05) is 55.1 Å². The van der Waals surface area contributed by atoms with Crippen molar-refractivity contribution in [1.29, 1.82) is 0 Å². The molecule has 2 N–H and O–H groups in total. The monoisotopic (exact) mass is 569 g/mol. The van der Waals surface area contributed by atoms with Crippen LogP contribution in [-0.4, -0.2) is 54.9 Å². The van der Waals surface area contributed by atoms with Gasteiger partial charge in [-0.2, -0.15) is 0 Å². The molecule has 206 valence electrons. The SMILES string of the molecule is C[C@H]1N(C)c2cc(NC(=O)c3cccs3)c([P@@](=O)(Nc3ccc([N+](=O)[O-])cc3)N3CCOCC3)cc2C1(C)C. The summed E-state index contributed by atoms with van der Waals surface area (Å²) in [5.74, 6) is -0.275. The lowest BCUT2D eigenvalue weighted by Crippen LogP contribution is -2.40. The average molecular weight is 570 g/mol. The van der Waals surface area contributed by atoms with Crippen LogP contribution >= 0.6 is 18.8 Å². The first-order chi connectivity index (χ1) is 18.5. The molecule has 3 heterocycles. The van der Waals surface area contributed by atoms with Crippen LogP contribution in [0.2, 0.25) is 0 Å². The molecule has 0 unspecified atom stereocenters. The number of anilines is 3. The van der Waals surface area contributed by atoms with Crippen LogP contribution < -0.4 is 20.6 Å². The summed E-state index contributed by atoms with van der Waals surface area (Å²) >= 11 is 1.33. The molecule has 0 saturated carbocycles. The number of fused-ring (bicyclic) bond motifs is 1. The van der Waals surface area contributed by atoms with Gasteiger partial charge in [0.25, 0.3) is 19.0 Å². The number of amides is 1. The Hall–Kier alpha value is -3.24. The molecule has 0 spiro atoms. The van der Waals surface area contributed by atoms with E-state index < -0.39 is 12.4 Å². The Labute approximate surface area is 231 Å². The number of nitro groups is 1. The highest BCUT2D eigenvalue weighted by Crippen LogP contribution is 2.54. The third kappa shape index (κ3) is 4.96. The second kappa shape index (κ2) is 10.4. The predicted molar refractivity (Wildman–Crippen MR) is 156 cm³/mol. The molecule has 1 fully saturated rings. The van der Waals surface area contributed by atoms with Gasteiger partial charge in [-0.3, -0.25) is 19.5 Å². The van der Waals surface area contributed by atoms with E-state index in [-0.39, 0.29) is 23.1 Å². The molecule has 10 nitrogen and oxygen atoms in total. The molecule has 2 aromatic carbocycles. The Kier molecular flexibility index (Phi) is 7.28. The number of hydrogen-bond donors (Lipinski definition) is 2. The number of ether oxygens (including phenoxy) is 1. The maximum atomic E-state index is 15.3. The molecule has 39 heavy (non-hydrogen) atoms. The fraction of sp³-hybridized carbons (Fsp3) is 0.370. The number of hydrogen-bond acceptors (Lipinski definition) is 7. The number of benzene rings is 2. The Morgan fingerprint density at radius 1 is 1.18 bits per heavy atom. The summed E-state index contributed by atoms with van der Waals surface area (Å²) in [6.07, 6.45) is 0. The van der Waals surface area contributed by atoms with Crippen molar-refractivity contribution in [2.75, 3.05) is 48.7 Å². The third-order valence-electron chi connectivity index (χ3n) is 7.88. The molecule has 2 aliphatic rings. The largest absolute Gasteiger partial charge is 0.379 e. The minimum atomic E-state index is -3.60. The summed E-state index contributed by atoms with van der Waals surface area (Å²) in [5.41, 5.74) is 2.67. The van der Waals surface area contributed by atoms with Gasteiger partial charge in [-0.25, -0.2) is 4.67 Å². The normalized spacial score (nSPS) is 20.2. The van der Waals surface area contributed by atoms with E-state index in [2.05, 4.69) is 36.1 Å². The highest BCUT2D eigenvalue weighted by atomic mass is 32.1. The number of carbonyl (C=O) groups excluding carboxylic acids is 1. The van der Waals surface area contributed by atoms with E-state index in [9.17, 15) is 14.9 Å². The van der Waals surface area contributed by atoms with Crippen LogP contribution in [0.1, 0.15) is 36.0 Å². The molecule has 5 rings (SSSR count). The Morgan fingerprint density at radius 2 is 1.87 bits per heavy atom. The average Bonchev–Trinajstić information content (AvgIpc) is 3.52. The summed E-state index contributed by atoms with van der Waals surface area (Å²) in [5, 5.41) is 19.8. The molecule has 1 amide bonds. The predicted octanol–water partition coefficient (Wildman–Crippen LogP) is 5.29. The number of likely N-dealkylation sites (N-methyl/N-ethyl adjacent to an activating group) is 1. The quantitative estimate of drug-likeness (QED) is 0.224. The minimum absolute atomic E-state index is 0.0537. The molecule has 1 saturated heterocycles. The summed E-state index contributed by atoms with van der Waals surface area (Å²) in [6, 6.07) is 13.5. The first-order valence-corrected chi connectivity index (χ1v) is 15.3. The number of nitrogens with zero attached hydrogens (tertiary/aromatic N) is 3. The lowest BCUT2D eigenvalue weighted by molar-refractivity contribution is -0.384. The maximum absolute atomic E-state index is 15.3. The van der Waals surface area contributed by atoms with Gasteiger partial charge in [0.05, 0.1) is 34.0 Å². The molecule has 2 aliphatic heterocycles. The van der Waals surface area contributed by atoms with Gasteiger partial charge in [-0.05, 0) is 48.2 Å². The van der Waals surface area contributed by atoms with Crippen LogP contribution in [0.5, 0.6) is 0 Å². The lowest BCUT2D eigenvalue weighted by atomic mass is 9.81. The first kappa shape index (κ1) is 27.3.